The van der Waals surface area contributed by atoms with Gasteiger partial charge in [-0.1, -0.05) is 6.07 Å². The van der Waals surface area contributed by atoms with Crippen molar-refractivity contribution in [3.05, 3.63) is 24.3 Å². The molecule has 120 valence electrons. The molecule has 22 heavy (non-hydrogen) atoms. The SMILES string of the molecule is Cl.NC1CCC(C(=O)Nc2cccc(N3CCNC3=O)c2)C1. The quantitative estimate of drug-likeness (QED) is 0.791. The van der Waals surface area contributed by atoms with Gasteiger partial charge in [0.25, 0.3) is 0 Å². The monoisotopic (exact) mass is 324 g/mol. The predicted octanol–water partition coefficient (Wildman–Crippen LogP) is 1.70. The molecule has 1 aliphatic heterocycles. The Balaban J connectivity index is 0.00000176. The molecule has 3 amide bonds. The first kappa shape index (κ1) is 16.6. The molecule has 1 heterocycles. The average molecular weight is 325 g/mol. The third kappa shape index (κ3) is 3.51. The van der Waals surface area contributed by atoms with Gasteiger partial charge in [0.1, 0.15) is 0 Å². The summed E-state index contributed by atoms with van der Waals surface area (Å²) in [5, 5.41) is 5.69. The zero-order valence-electron chi connectivity index (χ0n) is 12.2. The van der Waals surface area contributed by atoms with Gasteiger partial charge >= 0.3 is 6.03 Å². The largest absolute Gasteiger partial charge is 0.336 e. The van der Waals surface area contributed by atoms with Gasteiger partial charge < -0.3 is 16.4 Å². The number of hydrogen-bond acceptors (Lipinski definition) is 3. The maximum Gasteiger partial charge on any atom is 0.321 e. The van der Waals surface area contributed by atoms with Crippen LogP contribution in [0, 0.1) is 5.92 Å². The van der Waals surface area contributed by atoms with Crippen molar-refractivity contribution in [1.82, 2.24) is 5.32 Å². The Kier molecular flexibility index (Phi) is 5.26. The standard InChI is InChI=1S/C15H20N4O2.ClH/c16-11-5-4-10(8-11)14(20)18-12-2-1-3-13(9-12)19-7-6-17-15(19)21;/h1-3,9-11H,4-8,16H2,(H,17,21)(H,18,20);1H. The molecule has 0 spiro atoms. The van der Waals surface area contributed by atoms with Gasteiger partial charge in [-0.2, -0.15) is 0 Å². The fourth-order valence-corrected chi connectivity index (χ4v) is 2.97. The summed E-state index contributed by atoms with van der Waals surface area (Å²) in [6.45, 7) is 1.29. The van der Waals surface area contributed by atoms with E-state index < -0.39 is 0 Å². The fourth-order valence-electron chi connectivity index (χ4n) is 2.97. The molecule has 1 saturated carbocycles. The lowest BCUT2D eigenvalue weighted by Crippen LogP contribution is -2.28. The maximum atomic E-state index is 12.2. The summed E-state index contributed by atoms with van der Waals surface area (Å²) < 4.78 is 0. The molecule has 1 aromatic carbocycles. The predicted molar refractivity (Wildman–Crippen MR) is 88.4 cm³/mol. The Morgan fingerprint density at radius 2 is 2.18 bits per heavy atom. The van der Waals surface area contributed by atoms with E-state index >= 15 is 0 Å². The lowest BCUT2D eigenvalue weighted by atomic mass is 10.1. The minimum atomic E-state index is -0.0970. The lowest BCUT2D eigenvalue weighted by Gasteiger charge is -2.16. The summed E-state index contributed by atoms with van der Waals surface area (Å²) >= 11 is 0. The molecule has 2 fully saturated rings. The number of nitrogens with zero attached hydrogens (tertiary/aromatic N) is 1. The van der Waals surface area contributed by atoms with Gasteiger partial charge in [-0.25, -0.2) is 4.79 Å². The third-order valence-corrected chi connectivity index (χ3v) is 4.13. The van der Waals surface area contributed by atoms with E-state index in [1.165, 1.54) is 0 Å². The zero-order chi connectivity index (χ0) is 14.8. The summed E-state index contributed by atoms with van der Waals surface area (Å²) in [5.74, 6) is 0.0183. The fraction of sp³-hybridized carbons (Fsp3) is 0.467. The van der Waals surface area contributed by atoms with E-state index in [0.717, 1.165) is 30.6 Å². The number of benzene rings is 1. The molecule has 2 aliphatic rings. The summed E-state index contributed by atoms with van der Waals surface area (Å²) in [6.07, 6.45) is 2.51. The second-order valence-electron chi connectivity index (χ2n) is 5.69. The molecule has 3 rings (SSSR count). The van der Waals surface area contributed by atoms with Gasteiger partial charge in [0, 0.05) is 36.4 Å². The van der Waals surface area contributed by atoms with Crippen LogP contribution in [-0.4, -0.2) is 31.1 Å². The number of nitrogens with one attached hydrogen (secondary N) is 2. The lowest BCUT2D eigenvalue weighted by molar-refractivity contribution is -0.119. The van der Waals surface area contributed by atoms with E-state index in [-0.39, 0.29) is 36.3 Å². The van der Waals surface area contributed by atoms with Gasteiger partial charge in [-0.15, -0.1) is 12.4 Å². The number of urea groups is 1. The molecule has 0 bridgehead atoms. The van der Waals surface area contributed by atoms with E-state index in [1.54, 1.807) is 4.90 Å². The van der Waals surface area contributed by atoms with Crippen LogP contribution in [0.1, 0.15) is 19.3 Å². The molecule has 1 aromatic rings. The van der Waals surface area contributed by atoms with Crippen molar-refractivity contribution in [3.8, 4) is 0 Å². The van der Waals surface area contributed by atoms with E-state index in [4.69, 9.17) is 5.73 Å². The highest BCUT2D eigenvalue weighted by atomic mass is 35.5. The van der Waals surface area contributed by atoms with Crippen molar-refractivity contribution >= 4 is 35.7 Å². The van der Waals surface area contributed by atoms with Gasteiger partial charge in [0.15, 0.2) is 0 Å². The first-order valence-corrected chi connectivity index (χ1v) is 7.35. The Hall–Kier alpha value is -1.79. The smallest absolute Gasteiger partial charge is 0.321 e. The van der Waals surface area contributed by atoms with E-state index in [9.17, 15) is 9.59 Å². The van der Waals surface area contributed by atoms with Crippen LogP contribution in [0.5, 0.6) is 0 Å². The summed E-state index contributed by atoms with van der Waals surface area (Å²) in [6, 6.07) is 7.42. The number of amides is 3. The third-order valence-electron chi connectivity index (χ3n) is 4.13. The number of carbonyl (C=O) groups excluding carboxylic acids is 2. The molecule has 2 atom stereocenters. The number of anilines is 2. The molecule has 4 N–H and O–H groups in total. The first-order valence-electron chi connectivity index (χ1n) is 7.35. The van der Waals surface area contributed by atoms with Crippen molar-refractivity contribution in [3.63, 3.8) is 0 Å². The van der Waals surface area contributed by atoms with Gasteiger partial charge in [0.2, 0.25) is 5.91 Å². The average Bonchev–Trinajstić information content (AvgIpc) is 3.08. The molecular formula is C15H21ClN4O2. The highest BCUT2D eigenvalue weighted by molar-refractivity contribution is 5.96. The van der Waals surface area contributed by atoms with Gasteiger partial charge in [-0.05, 0) is 37.5 Å². The van der Waals surface area contributed by atoms with Crippen molar-refractivity contribution < 1.29 is 9.59 Å². The molecule has 1 saturated heterocycles. The molecule has 6 nitrogen and oxygen atoms in total. The minimum absolute atomic E-state index is 0. The highest BCUT2D eigenvalue weighted by Crippen LogP contribution is 2.26. The van der Waals surface area contributed by atoms with Crippen molar-refractivity contribution in [2.75, 3.05) is 23.3 Å². The molecule has 0 radical (unpaired) electrons. The first-order chi connectivity index (χ1) is 10.1. The van der Waals surface area contributed by atoms with Crippen LogP contribution in [0.3, 0.4) is 0 Å². The molecular weight excluding hydrogens is 304 g/mol. The molecule has 1 aliphatic carbocycles. The Morgan fingerprint density at radius 1 is 1.36 bits per heavy atom. The summed E-state index contributed by atoms with van der Waals surface area (Å²) in [7, 11) is 0. The van der Waals surface area contributed by atoms with Crippen molar-refractivity contribution in [2.24, 2.45) is 11.7 Å². The summed E-state index contributed by atoms with van der Waals surface area (Å²) in [5.41, 5.74) is 7.36. The van der Waals surface area contributed by atoms with E-state index in [1.807, 2.05) is 24.3 Å². The topological polar surface area (TPSA) is 87.5 Å². The van der Waals surface area contributed by atoms with E-state index in [0.29, 0.717) is 13.1 Å². The Morgan fingerprint density at radius 3 is 2.82 bits per heavy atom. The highest BCUT2D eigenvalue weighted by Gasteiger charge is 2.28. The van der Waals surface area contributed by atoms with Crippen molar-refractivity contribution in [2.45, 2.75) is 25.3 Å². The second kappa shape index (κ2) is 6.98. The summed E-state index contributed by atoms with van der Waals surface area (Å²) in [4.78, 5) is 25.5. The van der Waals surface area contributed by atoms with Gasteiger partial charge in [0.05, 0.1) is 0 Å². The van der Waals surface area contributed by atoms with E-state index in [2.05, 4.69) is 10.6 Å². The molecule has 0 aromatic heterocycles. The number of hydrogen-bond donors (Lipinski definition) is 3. The number of rotatable bonds is 3. The number of halogens is 1. The molecule has 2 unspecified atom stereocenters. The Bertz CT molecular complexity index is 566. The van der Waals surface area contributed by atoms with Crippen molar-refractivity contribution in [1.29, 1.82) is 0 Å². The van der Waals surface area contributed by atoms with Crippen LogP contribution in [0.2, 0.25) is 0 Å². The van der Waals surface area contributed by atoms with Crippen LogP contribution in [-0.2, 0) is 4.79 Å². The Labute approximate surface area is 135 Å². The minimum Gasteiger partial charge on any atom is -0.336 e. The van der Waals surface area contributed by atoms with Gasteiger partial charge in [-0.3, -0.25) is 9.69 Å². The number of nitrogens with two attached hydrogens (primary N) is 1. The van der Waals surface area contributed by atoms with Crippen LogP contribution in [0.15, 0.2) is 24.3 Å². The second-order valence-corrected chi connectivity index (χ2v) is 5.69. The normalized spacial score (nSPS) is 23.9. The van der Waals surface area contributed by atoms with Crippen LogP contribution >= 0.6 is 12.4 Å². The molecule has 7 heteroatoms. The number of carbonyl (C=O) groups is 2. The van der Waals surface area contributed by atoms with Crippen LogP contribution < -0.4 is 21.3 Å². The zero-order valence-corrected chi connectivity index (χ0v) is 13.1. The maximum absolute atomic E-state index is 12.2. The van der Waals surface area contributed by atoms with Crippen LogP contribution in [0.4, 0.5) is 16.2 Å². The van der Waals surface area contributed by atoms with Crippen LogP contribution in [0.25, 0.3) is 0 Å².